The van der Waals surface area contributed by atoms with Crippen molar-refractivity contribution in [3.63, 3.8) is 0 Å². The second-order valence-corrected chi connectivity index (χ2v) is 3.54. The summed E-state index contributed by atoms with van der Waals surface area (Å²) in [6.45, 7) is 1.96. The van der Waals surface area contributed by atoms with Crippen molar-refractivity contribution in [2.24, 2.45) is 5.84 Å². The molecule has 0 saturated heterocycles. The molecule has 0 unspecified atom stereocenters. The van der Waals surface area contributed by atoms with E-state index in [0.29, 0.717) is 0 Å². The van der Waals surface area contributed by atoms with Crippen molar-refractivity contribution < 1.29 is 9.53 Å². The summed E-state index contributed by atoms with van der Waals surface area (Å²) in [5.74, 6) is 4.92. The molecule has 0 aromatic heterocycles. The summed E-state index contributed by atoms with van der Waals surface area (Å²) in [7, 11) is 0. The van der Waals surface area contributed by atoms with Crippen LogP contribution in [0.3, 0.4) is 0 Å². The summed E-state index contributed by atoms with van der Waals surface area (Å²) in [6, 6.07) is 0. The minimum Gasteiger partial charge on any atom is -0.442 e. The quantitative estimate of drug-likeness (QED) is 0.356. The number of nitrogens with two attached hydrogens (primary N) is 1. The molecule has 3 N–H and O–H groups in total. The minimum atomic E-state index is -0.528. The molecule has 1 amide bonds. The van der Waals surface area contributed by atoms with E-state index in [2.05, 4.69) is 0 Å². The van der Waals surface area contributed by atoms with Crippen molar-refractivity contribution in [3.8, 4) is 0 Å². The highest BCUT2D eigenvalue weighted by Crippen LogP contribution is 2.30. The van der Waals surface area contributed by atoms with Gasteiger partial charge in [-0.15, -0.1) is 0 Å². The van der Waals surface area contributed by atoms with E-state index in [0.717, 1.165) is 25.7 Å². The van der Waals surface area contributed by atoms with E-state index in [-0.39, 0.29) is 5.60 Å². The number of rotatable bonds is 1. The summed E-state index contributed by atoms with van der Waals surface area (Å²) < 4.78 is 5.15. The average molecular weight is 172 g/mol. The van der Waals surface area contributed by atoms with Crippen LogP contribution in [0.4, 0.5) is 4.79 Å². The highest BCUT2D eigenvalue weighted by molar-refractivity contribution is 5.66. The minimum absolute atomic E-state index is 0.290. The van der Waals surface area contributed by atoms with Gasteiger partial charge in [0.2, 0.25) is 0 Å². The maximum atomic E-state index is 10.8. The lowest BCUT2D eigenvalue weighted by molar-refractivity contribution is -0.00201. The van der Waals surface area contributed by atoms with E-state index in [1.165, 1.54) is 6.42 Å². The molecule has 0 aliphatic heterocycles. The molecule has 1 aliphatic rings. The molecular weight excluding hydrogens is 156 g/mol. The molecule has 70 valence electrons. The topological polar surface area (TPSA) is 64.3 Å². The van der Waals surface area contributed by atoms with Gasteiger partial charge in [0.05, 0.1) is 0 Å². The second-order valence-electron chi connectivity index (χ2n) is 3.54. The molecule has 1 aliphatic carbocycles. The van der Waals surface area contributed by atoms with Crippen LogP contribution in [0.2, 0.25) is 0 Å². The summed E-state index contributed by atoms with van der Waals surface area (Å²) in [5, 5.41) is 0. The van der Waals surface area contributed by atoms with Crippen LogP contribution in [0.25, 0.3) is 0 Å². The van der Waals surface area contributed by atoms with Crippen molar-refractivity contribution in [1.82, 2.24) is 5.43 Å². The Morgan fingerprint density at radius 1 is 1.42 bits per heavy atom. The lowest BCUT2D eigenvalue weighted by Gasteiger charge is -2.32. The van der Waals surface area contributed by atoms with Gasteiger partial charge < -0.3 is 4.74 Å². The smallest absolute Gasteiger partial charge is 0.421 e. The lowest BCUT2D eigenvalue weighted by atomic mass is 9.86. The maximum Gasteiger partial charge on any atom is 0.421 e. The van der Waals surface area contributed by atoms with Crippen LogP contribution >= 0.6 is 0 Å². The summed E-state index contributed by atoms with van der Waals surface area (Å²) in [4.78, 5) is 10.8. The molecule has 1 rings (SSSR count). The number of hydrogen-bond donors (Lipinski definition) is 2. The Bertz CT molecular complexity index is 164. The highest BCUT2D eigenvalue weighted by Gasteiger charge is 2.30. The fourth-order valence-electron chi connectivity index (χ4n) is 1.65. The first kappa shape index (κ1) is 9.32. The first-order valence-electron chi connectivity index (χ1n) is 4.36. The van der Waals surface area contributed by atoms with Crippen LogP contribution in [-0.2, 0) is 4.74 Å². The van der Waals surface area contributed by atoms with E-state index in [1.807, 2.05) is 12.3 Å². The largest absolute Gasteiger partial charge is 0.442 e. The molecule has 0 atom stereocenters. The molecule has 0 radical (unpaired) electrons. The average Bonchev–Trinajstić information content (AvgIpc) is 2.05. The van der Waals surface area contributed by atoms with Crippen LogP contribution in [-0.4, -0.2) is 11.7 Å². The SMILES string of the molecule is CC1(OC(=O)NN)CCCCC1. The zero-order valence-corrected chi connectivity index (χ0v) is 7.43. The Hall–Kier alpha value is -0.770. The molecule has 0 aromatic carbocycles. The van der Waals surface area contributed by atoms with E-state index in [4.69, 9.17) is 10.6 Å². The van der Waals surface area contributed by atoms with Gasteiger partial charge in [0.25, 0.3) is 0 Å². The predicted molar refractivity (Wildman–Crippen MR) is 45.3 cm³/mol. The Kier molecular flexibility index (Phi) is 2.92. The van der Waals surface area contributed by atoms with Gasteiger partial charge in [0.15, 0.2) is 0 Å². The Balaban J connectivity index is 2.41. The number of amides is 1. The third kappa shape index (κ3) is 2.37. The van der Waals surface area contributed by atoms with Crippen molar-refractivity contribution in [1.29, 1.82) is 0 Å². The molecule has 1 fully saturated rings. The van der Waals surface area contributed by atoms with Gasteiger partial charge >= 0.3 is 6.09 Å². The number of nitrogens with one attached hydrogen (secondary N) is 1. The molecule has 4 nitrogen and oxygen atoms in total. The van der Waals surface area contributed by atoms with E-state index >= 15 is 0 Å². The third-order valence-corrected chi connectivity index (χ3v) is 2.37. The number of carbonyl (C=O) groups is 1. The Labute approximate surface area is 72.4 Å². The van der Waals surface area contributed by atoms with E-state index < -0.39 is 6.09 Å². The Morgan fingerprint density at radius 3 is 2.50 bits per heavy atom. The highest BCUT2D eigenvalue weighted by atomic mass is 16.6. The molecule has 1 saturated carbocycles. The van der Waals surface area contributed by atoms with Crippen molar-refractivity contribution in [2.45, 2.75) is 44.6 Å². The van der Waals surface area contributed by atoms with E-state index in [1.54, 1.807) is 0 Å². The summed E-state index contributed by atoms with van der Waals surface area (Å²) >= 11 is 0. The molecule has 0 heterocycles. The lowest BCUT2D eigenvalue weighted by Crippen LogP contribution is -2.40. The first-order valence-corrected chi connectivity index (χ1v) is 4.36. The van der Waals surface area contributed by atoms with Crippen molar-refractivity contribution >= 4 is 6.09 Å². The number of hydrazine groups is 1. The van der Waals surface area contributed by atoms with Crippen LogP contribution < -0.4 is 11.3 Å². The van der Waals surface area contributed by atoms with Crippen LogP contribution in [0.5, 0.6) is 0 Å². The second kappa shape index (κ2) is 3.76. The van der Waals surface area contributed by atoms with Gasteiger partial charge in [-0.3, -0.25) is 5.43 Å². The van der Waals surface area contributed by atoms with Gasteiger partial charge in [-0.05, 0) is 32.6 Å². The molecule has 0 aromatic rings. The van der Waals surface area contributed by atoms with Crippen LogP contribution in [0, 0.1) is 0 Å². The molecule has 4 heteroatoms. The van der Waals surface area contributed by atoms with Gasteiger partial charge in [-0.1, -0.05) is 6.42 Å². The van der Waals surface area contributed by atoms with Crippen LogP contribution in [0.15, 0.2) is 0 Å². The number of ether oxygens (including phenoxy) is 1. The van der Waals surface area contributed by atoms with E-state index in [9.17, 15) is 4.79 Å². The summed E-state index contributed by atoms with van der Waals surface area (Å²) in [6.07, 6.45) is 4.87. The number of hydrogen-bond acceptors (Lipinski definition) is 3. The Morgan fingerprint density at radius 2 is 2.00 bits per heavy atom. The zero-order valence-electron chi connectivity index (χ0n) is 7.43. The zero-order chi connectivity index (χ0) is 9.03. The fraction of sp³-hybridized carbons (Fsp3) is 0.875. The van der Waals surface area contributed by atoms with Gasteiger partial charge in [-0.25, -0.2) is 10.6 Å². The van der Waals surface area contributed by atoms with Gasteiger partial charge in [0, 0.05) is 0 Å². The van der Waals surface area contributed by atoms with Crippen molar-refractivity contribution in [2.75, 3.05) is 0 Å². The molecule has 12 heavy (non-hydrogen) atoms. The van der Waals surface area contributed by atoms with Crippen molar-refractivity contribution in [3.05, 3.63) is 0 Å². The fourth-order valence-corrected chi connectivity index (χ4v) is 1.65. The maximum absolute atomic E-state index is 10.8. The van der Waals surface area contributed by atoms with Gasteiger partial charge in [-0.2, -0.15) is 0 Å². The molecule has 0 spiro atoms. The standard InChI is InChI=1S/C8H16N2O2/c1-8(12-7(11)10-9)5-3-2-4-6-8/h2-6,9H2,1H3,(H,10,11). The molecule has 0 bridgehead atoms. The predicted octanol–water partition coefficient (Wildman–Crippen LogP) is 1.31. The third-order valence-electron chi connectivity index (χ3n) is 2.37. The number of carbonyl (C=O) groups excluding carboxylic acids is 1. The summed E-state index contributed by atoms with van der Waals surface area (Å²) in [5.41, 5.74) is 1.69. The normalized spacial score (nSPS) is 21.5. The van der Waals surface area contributed by atoms with Gasteiger partial charge in [0.1, 0.15) is 5.60 Å². The van der Waals surface area contributed by atoms with Crippen LogP contribution in [0.1, 0.15) is 39.0 Å². The first-order chi connectivity index (χ1) is 5.66. The molecular formula is C8H16N2O2. The monoisotopic (exact) mass is 172 g/mol.